The molecule has 2 aromatic rings. The molecular weight excluding hydrogens is 439 g/mol. The largest absolute Gasteiger partial charge is 0.459 e. The van der Waals surface area contributed by atoms with E-state index in [-0.39, 0.29) is 17.9 Å². The molecule has 0 spiro atoms. The van der Waals surface area contributed by atoms with Crippen LogP contribution in [-0.4, -0.2) is 54.6 Å². The summed E-state index contributed by atoms with van der Waals surface area (Å²) in [4.78, 5) is 18.7. The Labute approximate surface area is 210 Å². The minimum absolute atomic E-state index is 0.0998. The van der Waals surface area contributed by atoms with Crippen LogP contribution in [0.5, 0.6) is 0 Å². The zero-order valence-corrected chi connectivity index (χ0v) is 21.4. The van der Waals surface area contributed by atoms with Crippen molar-refractivity contribution >= 4 is 5.97 Å². The fourth-order valence-electron chi connectivity index (χ4n) is 5.79. The van der Waals surface area contributed by atoms with Gasteiger partial charge in [0.1, 0.15) is 17.5 Å². The number of likely N-dealkylation sites (tertiary alicyclic amines) is 2. The number of benzene rings is 2. The maximum Gasteiger partial charge on any atom is 0.331 e. The molecule has 2 aromatic carbocycles. The molecule has 0 aliphatic carbocycles. The molecule has 35 heavy (non-hydrogen) atoms. The third-order valence-corrected chi connectivity index (χ3v) is 8.05. The van der Waals surface area contributed by atoms with Crippen LogP contribution in [0.4, 0.5) is 4.39 Å². The summed E-state index contributed by atoms with van der Waals surface area (Å²) in [7, 11) is 0. The van der Waals surface area contributed by atoms with E-state index in [1.807, 2.05) is 30.3 Å². The van der Waals surface area contributed by atoms with Crippen LogP contribution >= 0.6 is 0 Å². The van der Waals surface area contributed by atoms with E-state index in [9.17, 15) is 9.18 Å². The molecule has 2 aliphatic heterocycles. The molecule has 0 aromatic heterocycles. The average Bonchev–Trinajstić information content (AvgIpc) is 2.90. The molecule has 0 radical (unpaired) electrons. The zero-order valence-electron chi connectivity index (χ0n) is 21.4. The van der Waals surface area contributed by atoms with Gasteiger partial charge < -0.3 is 4.74 Å². The summed E-state index contributed by atoms with van der Waals surface area (Å²) in [5.41, 5.74) is 1.38. The molecule has 2 saturated heterocycles. The molecule has 0 N–H and O–H groups in total. The van der Waals surface area contributed by atoms with Crippen molar-refractivity contribution in [1.82, 2.24) is 9.80 Å². The van der Waals surface area contributed by atoms with Crippen molar-refractivity contribution in [3.8, 4) is 0 Å². The Morgan fingerprint density at radius 3 is 2.43 bits per heavy atom. The number of halogens is 1. The predicted molar refractivity (Wildman–Crippen MR) is 139 cm³/mol. The number of carbonyl (C=O) groups excluding carboxylic acids is 1. The maximum absolute atomic E-state index is 14.0. The lowest BCUT2D eigenvalue weighted by molar-refractivity contribution is -0.171. The normalized spacial score (nSPS) is 23.5. The third-order valence-electron chi connectivity index (χ3n) is 8.05. The summed E-state index contributed by atoms with van der Waals surface area (Å²) < 4.78 is 19.7. The van der Waals surface area contributed by atoms with Gasteiger partial charge in [-0.1, -0.05) is 62.2 Å². The smallest absolute Gasteiger partial charge is 0.331 e. The second kappa shape index (κ2) is 12.1. The van der Waals surface area contributed by atoms with E-state index >= 15 is 0 Å². The highest BCUT2D eigenvalue weighted by Crippen LogP contribution is 2.35. The summed E-state index contributed by atoms with van der Waals surface area (Å²) >= 11 is 0. The molecule has 4 nitrogen and oxygen atoms in total. The van der Waals surface area contributed by atoms with Crippen molar-refractivity contribution in [3.05, 3.63) is 71.5 Å². The first-order valence-electron chi connectivity index (χ1n) is 13.5. The molecule has 2 fully saturated rings. The van der Waals surface area contributed by atoms with Crippen molar-refractivity contribution in [2.75, 3.05) is 32.7 Å². The van der Waals surface area contributed by atoms with Crippen LogP contribution in [0.25, 0.3) is 0 Å². The first-order valence-corrected chi connectivity index (χ1v) is 13.5. The van der Waals surface area contributed by atoms with Gasteiger partial charge in [-0.25, -0.2) is 9.18 Å². The first kappa shape index (κ1) is 25.8. The van der Waals surface area contributed by atoms with E-state index in [4.69, 9.17) is 4.74 Å². The molecule has 190 valence electrons. The van der Waals surface area contributed by atoms with E-state index in [2.05, 4.69) is 35.8 Å². The molecule has 2 aliphatic rings. The van der Waals surface area contributed by atoms with Crippen molar-refractivity contribution in [1.29, 1.82) is 0 Å². The summed E-state index contributed by atoms with van der Waals surface area (Å²) in [6.45, 7) is 8.79. The van der Waals surface area contributed by atoms with Crippen LogP contribution < -0.4 is 0 Å². The Morgan fingerprint density at radius 1 is 1.03 bits per heavy atom. The number of piperidine rings is 2. The molecule has 1 unspecified atom stereocenters. The summed E-state index contributed by atoms with van der Waals surface area (Å²) in [6.07, 6.45) is 7.45. The standard InChI is InChI=1S/C30H41FN2O2/c1-3-10-25-18-22-32(21-17-24-13-15-27(31)16-14-24)23-28(25)35-29(34)30(2,26-11-6-4-7-12-26)33-19-8-5-9-20-33/h4,6-7,11-16,25,28H,3,5,8-10,17-23H2,1-2H3/t25?,28-,30-/m0/s1. The third kappa shape index (κ3) is 6.31. The van der Waals surface area contributed by atoms with Gasteiger partial charge in [0.2, 0.25) is 0 Å². The Morgan fingerprint density at radius 2 is 1.74 bits per heavy atom. The van der Waals surface area contributed by atoms with Gasteiger partial charge in [-0.15, -0.1) is 0 Å². The van der Waals surface area contributed by atoms with E-state index < -0.39 is 5.54 Å². The minimum Gasteiger partial charge on any atom is -0.459 e. The highest BCUT2D eigenvalue weighted by molar-refractivity contribution is 5.82. The first-order chi connectivity index (χ1) is 17.0. The number of hydrogen-bond donors (Lipinski definition) is 0. The molecule has 2 heterocycles. The van der Waals surface area contributed by atoms with E-state index in [1.165, 1.54) is 18.6 Å². The van der Waals surface area contributed by atoms with Crippen LogP contribution in [0.15, 0.2) is 54.6 Å². The Balaban J connectivity index is 1.48. The summed E-state index contributed by atoms with van der Waals surface area (Å²) in [6, 6.07) is 16.9. The monoisotopic (exact) mass is 480 g/mol. The van der Waals surface area contributed by atoms with Crippen LogP contribution in [-0.2, 0) is 21.5 Å². The number of carbonyl (C=O) groups is 1. The van der Waals surface area contributed by atoms with Gasteiger partial charge >= 0.3 is 5.97 Å². The van der Waals surface area contributed by atoms with Crippen molar-refractivity contribution < 1.29 is 13.9 Å². The number of nitrogens with zero attached hydrogens (tertiary/aromatic N) is 2. The van der Waals surface area contributed by atoms with Crippen LogP contribution in [0, 0.1) is 11.7 Å². The number of esters is 1. The van der Waals surface area contributed by atoms with E-state index in [1.54, 1.807) is 0 Å². The quantitative estimate of drug-likeness (QED) is 0.425. The molecular formula is C30H41FN2O2. The van der Waals surface area contributed by atoms with E-state index in [0.717, 1.165) is 82.4 Å². The van der Waals surface area contributed by atoms with Crippen LogP contribution in [0.1, 0.15) is 63.5 Å². The fraction of sp³-hybridized carbons (Fsp3) is 0.567. The molecule has 0 bridgehead atoms. The van der Waals surface area contributed by atoms with E-state index in [0.29, 0.717) is 5.92 Å². The zero-order chi connectivity index (χ0) is 24.7. The Hall–Kier alpha value is -2.24. The van der Waals surface area contributed by atoms with Crippen LogP contribution in [0.2, 0.25) is 0 Å². The van der Waals surface area contributed by atoms with Gasteiger partial charge in [0.25, 0.3) is 0 Å². The van der Waals surface area contributed by atoms with Gasteiger partial charge in [0, 0.05) is 13.1 Å². The lowest BCUT2D eigenvalue weighted by Crippen LogP contribution is -2.55. The predicted octanol–water partition coefficient (Wildman–Crippen LogP) is 5.80. The van der Waals surface area contributed by atoms with Gasteiger partial charge in [0.15, 0.2) is 0 Å². The lowest BCUT2D eigenvalue weighted by Gasteiger charge is -2.44. The van der Waals surface area contributed by atoms with Crippen molar-refractivity contribution in [2.45, 2.75) is 70.4 Å². The Bertz CT molecular complexity index is 929. The molecule has 4 rings (SSSR count). The minimum atomic E-state index is -0.769. The number of rotatable bonds is 9. The van der Waals surface area contributed by atoms with Crippen molar-refractivity contribution in [2.24, 2.45) is 5.92 Å². The average molecular weight is 481 g/mol. The van der Waals surface area contributed by atoms with Gasteiger partial charge in [-0.2, -0.15) is 0 Å². The van der Waals surface area contributed by atoms with Gasteiger partial charge in [-0.3, -0.25) is 9.80 Å². The highest BCUT2D eigenvalue weighted by atomic mass is 19.1. The van der Waals surface area contributed by atoms with Gasteiger partial charge in [0.05, 0.1) is 0 Å². The lowest BCUT2D eigenvalue weighted by atomic mass is 9.86. The highest BCUT2D eigenvalue weighted by Gasteiger charge is 2.45. The molecule has 5 heteroatoms. The second-order valence-electron chi connectivity index (χ2n) is 10.4. The van der Waals surface area contributed by atoms with Crippen LogP contribution in [0.3, 0.4) is 0 Å². The second-order valence-corrected chi connectivity index (χ2v) is 10.4. The molecule has 0 saturated carbocycles. The fourth-order valence-corrected chi connectivity index (χ4v) is 5.79. The molecule has 0 amide bonds. The number of hydrogen-bond acceptors (Lipinski definition) is 4. The summed E-state index contributed by atoms with van der Waals surface area (Å²) in [5.74, 6) is 0.0840. The molecule has 3 atom stereocenters. The Kier molecular flexibility index (Phi) is 8.96. The maximum atomic E-state index is 14.0. The SMILES string of the molecule is CCCC1CCN(CCc2ccc(F)cc2)C[C@@H]1OC(=O)[C@](C)(c1ccccc1)N1CCCCC1. The van der Waals surface area contributed by atoms with Gasteiger partial charge in [-0.05, 0) is 87.8 Å². The topological polar surface area (TPSA) is 32.8 Å². The summed E-state index contributed by atoms with van der Waals surface area (Å²) in [5, 5.41) is 0. The number of ether oxygens (including phenoxy) is 1. The van der Waals surface area contributed by atoms with Crippen molar-refractivity contribution in [3.63, 3.8) is 0 Å².